The Bertz CT molecular complexity index is 670. The van der Waals surface area contributed by atoms with Crippen molar-refractivity contribution in [1.82, 2.24) is 10.2 Å². The maximum atomic E-state index is 12.8. The molecule has 2 amide bonds. The first-order valence-corrected chi connectivity index (χ1v) is 9.34. The summed E-state index contributed by atoms with van der Waals surface area (Å²) in [5, 5.41) is 12.4. The topological polar surface area (TPSA) is 86.7 Å². The molecule has 26 heavy (non-hydrogen) atoms. The maximum absolute atomic E-state index is 12.8. The van der Waals surface area contributed by atoms with Gasteiger partial charge in [-0.1, -0.05) is 43.2 Å². The van der Waals surface area contributed by atoms with Crippen molar-refractivity contribution in [1.29, 1.82) is 0 Å². The first-order chi connectivity index (χ1) is 12.5. The van der Waals surface area contributed by atoms with Gasteiger partial charge in [0.25, 0.3) is 0 Å². The van der Waals surface area contributed by atoms with Crippen molar-refractivity contribution in [2.24, 2.45) is 11.8 Å². The van der Waals surface area contributed by atoms with Crippen LogP contribution < -0.4 is 5.32 Å². The lowest BCUT2D eigenvalue weighted by molar-refractivity contribution is -0.142. The van der Waals surface area contributed by atoms with Crippen LogP contribution in [0.15, 0.2) is 30.3 Å². The fraction of sp³-hybridized carbons (Fsp3) is 0.550. The zero-order valence-corrected chi connectivity index (χ0v) is 15.1. The Morgan fingerprint density at radius 1 is 1.12 bits per heavy atom. The Balaban J connectivity index is 1.65. The van der Waals surface area contributed by atoms with E-state index in [4.69, 9.17) is 0 Å². The van der Waals surface area contributed by atoms with Crippen LogP contribution >= 0.6 is 0 Å². The largest absolute Gasteiger partial charge is 0.481 e. The maximum Gasteiger partial charge on any atom is 0.308 e. The number of rotatable bonds is 5. The molecule has 140 valence electrons. The summed E-state index contributed by atoms with van der Waals surface area (Å²) >= 11 is 0. The van der Waals surface area contributed by atoms with Gasteiger partial charge < -0.3 is 15.3 Å². The Morgan fingerprint density at radius 3 is 2.38 bits per heavy atom. The van der Waals surface area contributed by atoms with Crippen molar-refractivity contribution in [2.75, 3.05) is 13.1 Å². The summed E-state index contributed by atoms with van der Waals surface area (Å²) in [6, 6.07) is 8.82. The zero-order valence-electron chi connectivity index (χ0n) is 15.1. The molecule has 1 saturated carbocycles. The highest BCUT2D eigenvalue weighted by atomic mass is 16.4. The van der Waals surface area contributed by atoms with E-state index in [1.54, 1.807) is 11.8 Å². The molecule has 2 N–H and O–H groups in total. The molecule has 1 aliphatic carbocycles. The minimum atomic E-state index is -0.892. The van der Waals surface area contributed by atoms with Crippen LogP contribution in [0, 0.1) is 11.8 Å². The van der Waals surface area contributed by atoms with Crippen LogP contribution in [-0.2, 0) is 14.4 Å². The lowest BCUT2D eigenvalue weighted by Gasteiger charge is -2.23. The van der Waals surface area contributed by atoms with Gasteiger partial charge in [-0.25, -0.2) is 0 Å². The van der Waals surface area contributed by atoms with Crippen LogP contribution in [0.5, 0.6) is 0 Å². The minimum absolute atomic E-state index is 0.00710. The smallest absolute Gasteiger partial charge is 0.308 e. The summed E-state index contributed by atoms with van der Waals surface area (Å²) in [4.78, 5) is 38.3. The Hall–Kier alpha value is -2.37. The fourth-order valence-electron chi connectivity index (χ4n) is 4.13. The average Bonchev–Trinajstić information content (AvgIpc) is 3.31. The number of benzene rings is 1. The lowest BCUT2D eigenvalue weighted by Crippen LogP contribution is -2.47. The standard InChI is InChI=1S/C20H26N2O4/c1-13(21-18(23)15-9-5-6-10-15)19(24)22-11-16(17(12-22)20(25)26)14-7-3-2-4-8-14/h2-4,7-8,13,15-17H,5-6,9-12H2,1H3,(H,21,23)(H,25,26). The molecule has 0 bridgehead atoms. The lowest BCUT2D eigenvalue weighted by atomic mass is 9.89. The molecule has 0 radical (unpaired) electrons. The van der Waals surface area contributed by atoms with E-state index >= 15 is 0 Å². The molecular weight excluding hydrogens is 332 g/mol. The molecule has 3 atom stereocenters. The number of hydrogen-bond donors (Lipinski definition) is 2. The Labute approximate surface area is 153 Å². The third-order valence-corrected chi connectivity index (χ3v) is 5.63. The molecule has 6 nitrogen and oxygen atoms in total. The Morgan fingerprint density at radius 2 is 1.77 bits per heavy atom. The molecule has 6 heteroatoms. The highest BCUT2D eigenvalue weighted by molar-refractivity contribution is 5.89. The molecule has 1 saturated heterocycles. The zero-order chi connectivity index (χ0) is 18.7. The molecule has 2 aliphatic rings. The van der Waals surface area contributed by atoms with Gasteiger partial charge in [0.05, 0.1) is 5.92 Å². The van der Waals surface area contributed by atoms with Crippen LogP contribution in [-0.4, -0.2) is 46.9 Å². The van der Waals surface area contributed by atoms with Gasteiger partial charge in [0.15, 0.2) is 0 Å². The molecule has 1 aromatic carbocycles. The van der Waals surface area contributed by atoms with Gasteiger partial charge in [-0.2, -0.15) is 0 Å². The third-order valence-electron chi connectivity index (χ3n) is 5.63. The number of carboxylic acids is 1. The van der Waals surface area contributed by atoms with Crippen LogP contribution in [0.2, 0.25) is 0 Å². The van der Waals surface area contributed by atoms with Crippen molar-refractivity contribution < 1.29 is 19.5 Å². The van der Waals surface area contributed by atoms with Crippen molar-refractivity contribution in [3.63, 3.8) is 0 Å². The quantitative estimate of drug-likeness (QED) is 0.843. The van der Waals surface area contributed by atoms with E-state index < -0.39 is 17.9 Å². The van der Waals surface area contributed by atoms with Gasteiger partial charge in [0, 0.05) is 24.9 Å². The number of amides is 2. The molecule has 1 heterocycles. The number of likely N-dealkylation sites (tertiary alicyclic amines) is 1. The normalized spacial score (nSPS) is 24.4. The summed E-state index contributed by atoms with van der Waals surface area (Å²) in [7, 11) is 0. The second kappa shape index (κ2) is 7.89. The van der Waals surface area contributed by atoms with Crippen molar-refractivity contribution in [2.45, 2.75) is 44.6 Å². The van der Waals surface area contributed by atoms with Crippen LogP contribution in [0.25, 0.3) is 0 Å². The first kappa shape index (κ1) is 18.4. The first-order valence-electron chi connectivity index (χ1n) is 9.34. The van der Waals surface area contributed by atoms with Crippen molar-refractivity contribution in [3.8, 4) is 0 Å². The van der Waals surface area contributed by atoms with Crippen LogP contribution in [0.4, 0.5) is 0 Å². The van der Waals surface area contributed by atoms with E-state index in [0.717, 1.165) is 31.2 Å². The second-order valence-corrected chi connectivity index (χ2v) is 7.42. The van der Waals surface area contributed by atoms with Gasteiger partial charge in [0.1, 0.15) is 6.04 Å². The van der Waals surface area contributed by atoms with Gasteiger partial charge in [-0.15, -0.1) is 0 Å². The number of nitrogens with zero attached hydrogens (tertiary/aromatic N) is 1. The number of nitrogens with one attached hydrogen (secondary N) is 1. The SMILES string of the molecule is CC(NC(=O)C1CCCC1)C(=O)N1CC(C(=O)O)C(c2ccccc2)C1. The highest BCUT2D eigenvalue weighted by Gasteiger charge is 2.41. The van der Waals surface area contributed by atoms with Crippen LogP contribution in [0.1, 0.15) is 44.1 Å². The van der Waals surface area contributed by atoms with E-state index in [1.165, 1.54) is 0 Å². The second-order valence-electron chi connectivity index (χ2n) is 7.42. The number of aliphatic carboxylic acids is 1. The summed E-state index contributed by atoms with van der Waals surface area (Å²) < 4.78 is 0. The number of carbonyl (C=O) groups is 3. The summed E-state index contributed by atoms with van der Waals surface area (Å²) in [6.07, 6.45) is 3.89. The van der Waals surface area contributed by atoms with E-state index in [9.17, 15) is 19.5 Å². The predicted molar refractivity (Wildman–Crippen MR) is 96.5 cm³/mol. The summed E-state index contributed by atoms with van der Waals surface area (Å²) in [6.45, 7) is 2.22. The average molecular weight is 358 g/mol. The van der Waals surface area contributed by atoms with Crippen molar-refractivity contribution in [3.05, 3.63) is 35.9 Å². The minimum Gasteiger partial charge on any atom is -0.481 e. The molecule has 1 aliphatic heterocycles. The number of hydrogen-bond acceptors (Lipinski definition) is 3. The molecule has 3 unspecified atom stereocenters. The predicted octanol–water partition coefficient (Wildman–Crippen LogP) is 2.01. The molecule has 2 fully saturated rings. The van der Waals surface area contributed by atoms with Gasteiger partial charge in [0.2, 0.25) is 11.8 Å². The van der Waals surface area contributed by atoms with Crippen LogP contribution in [0.3, 0.4) is 0 Å². The fourth-order valence-corrected chi connectivity index (χ4v) is 4.13. The molecule has 0 spiro atoms. The molecular formula is C20H26N2O4. The molecule has 0 aromatic heterocycles. The van der Waals surface area contributed by atoms with Gasteiger partial charge >= 0.3 is 5.97 Å². The third kappa shape index (κ3) is 3.89. The van der Waals surface area contributed by atoms with E-state index in [0.29, 0.717) is 6.54 Å². The van der Waals surface area contributed by atoms with Gasteiger partial charge in [-0.3, -0.25) is 14.4 Å². The summed E-state index contributed by atoms with van der Waals surface area (Å²) in [5.41, 5.74) is 0.929. The van der Waals surface area contributed by atoms with Crippen molar-refractivity contribution >= 4 is 17.8 Å². The molecule has 1 aromatic rings. The number of carboxylic acid groups (broad SMARTS) is 1. The highest BCUT2D eigenvalue weighted by Crippen LogP contribution is 2.33. The summed E-state index contributed by atoms with van der Waals surface area (Å²) in [5.74, 6) is -2.00. The van der Waals surface area contributed by atoms with E-state index in [2.05, 4.69) is 5.32 Å². The Kier molecular flexibility index (Phi) is 5.59. The number of carbonyl (C=O) groups excluding carboxylic acids is 2. The van der Waals surface area contributed by atoms with E-state index in [1.807, 2.05) is 30.3 Å². The van der Waals surface area contributed by atoms with Gasteiger partial charge in [-0.05, 0) is 25.3 Å². The van der Waals surface area contributed by atoms with E-state index in [-0.39, 0.29) is 30.2 Å². The monoisotopic (exact) mass is 358 g/mol. The molecule has 3 rings (SSSR count).